The zero-order chi connectivity index (χ0) is 17.5. The van der Waals surface area contributed by atoms with E-state index in [1.807, 2.05) is 48.5 Å². The number of halogens is 1. The molecule has 1 heterocycles. The molecule has 0 saturated carbocycles. The summed E-state index contributed by atoms with van der Waals surface area (Å²) < 4.78 is 5.69. The Balaban J connectivity index is 1.52. The van der Waals surface area contributed by atoms with Crippen LogP contribution in [0.15, 0.2) is 72.9 Å². The van der Waals surface area contributed by atoms with Gasteiger partial charge in [0, 0.05) is 18.3 Å². The van der Waals surface area contributed by atoms with E-state index in [0.717, 1.165) is 16.9 Å². The first-order valence-electron chi connectivity index (χ1n) is 7.86. The lowest BCUT2D eigenvalue weighted by molar-refractivity contribution is 0.0951. The zero-order valence-electron chi connectivity index (χ0n) is 13.5. The Bertz CT molecular complexity index is 819. The molecule has 4 nitrogen and oxygen atoms in total. The van der Waals surface area contributed by atoms with E-state index in [-0.39, 0.29) is 5.91 Å². The van der Waals surface area contributed by atoms with Gasteiger partial charge >= 0.3 is 0 Å². The number of nitrogens with one attached hydrogen (secondary N) is 1. The van der Waals surface area contributed by atoms with E-state index in [1.165, 1.54) is 0 Å². The molecule has 0 aliphatic carbocycles. The van der Waals surface area contributed by atoms with Crippen LogP contribution in [-0.4, -0.2) is 10.9 Å². The van der Waals surface area contributed by atoms with Crippen LogP contribution in [0.5, 0.6) is 5.75 Å². The minimum atomic E-state index is -0.134. The highest BCUT2D eigenvalue weighted by molar-refractivity contribution is 6.29. The topological polar surface area (TPSA) is 51.2 Å². The van der Waals surface area contributed by atoms with Crippen molar-refractivity contribution in [2.75, 3.05) is 0 Å². The summed E-state index contributed by atoms with van der Waals surface area (Å²) in [6, 6.07) is 20.5. The van der Waals surface area contributed by atoms with Gasteiger partial charge in [0.05, 0.1) is 0 Å². The van der Waals surface area contributed by atoms with Crippen LogP contribution in [0.25, 0.3) is 0 Å². The smallest absolute Gasteiger partial charge is 0.251 e. The van der Waals surface area contributed by atoms with Gasteiger partial charge in [-0.3, -0.25) is 4.79 Å². The molecule has 1 amide bonds. The van der Waals surface area contributed by atoms with Crippen molar-refractivity contribution >= 4 is 17.5 Å². The van der Waals surface area contributed by atoms with Crippen molar-refractivity contribution in [2.45, 2.75) is 13.2 Å². The number of pyridine rings is 1. The third-order valence-corrected chi connectivity index (χ3v) is 3.83. The number of rotatable bonds is 6. The molecular formula is C20H17ClN2O2. The summed E-state index contributed by atoms with van der Waals surface area (Å²) in [7, 11) is 0. The molecule has 0 unspecified atom stereocenters. The average molecular weight is 353 g/mol. The molecule has 3 rings (SSSR count). The molecule has 0 aliphatic rings. The highest BCUT2D eigenvalue weighted by Crippen LogP contribution is 2.12. The van der Waals surface area contributed by atoms with E-state index >= 15 is 0 Å². The summed E-state index contributed by atoms with van der Waals surface area (Å²) in [5.41, 5.74) is 2.50. The number of benzene rings is 2. The second-order valence-corrected chi connectivity index (χ2v) is 5.86. The molecule has 3 aromatic rings. The fourth-order valence-corrected chi connectivity index (χ4v) is 2.34. The van der Waals surface area contributed by atoms with Gasteiger partial charge in [0.15, 0.2) is 0 Å². The second-order valence-electron chi connectivity index (χ2n) is 5.47. The predicted molar refractivity (Wildman–Crippen MR) is 97.6 cm³/mol. The Morgan fingerprint density at radius 2 is 1.68 bits per heavy atom. The fraction of sp³-hybridized carbons (Fsp3) is 0.100. The SMILES string of the molecule is O=C(NCc1ccc(Cl)nc1)c1ccc(COc2ccccc2)cc1. The first kappa shape index (κ1) is 17.0. The summed E-state index contributed by atoms with van der Waals surface area (Å²) in [4.78, 5) is 16.2. The lowest BCUT2D eigenvalue weighted by atomic mass is 10.1. The van der Waals surface area contributed by atoms with Crippen LogP contribution in [0, 0.1) is 0 Å². The predicted octanol–water partition coefficient (Wildman–Crippen LogP) is 4.24. The van der Waals surface area contributed by atoms with Crippen molar-refractivity contribution in [3.63, 3.8) is 0 Å². The minimum Gasteiger partial charge on any atom is -0.489 e. The summed E-state index contributed by atoms with van der Waals surface area (Å²) in [6.45, 7) is 0.865. The van der Waals surface area contributed by atoms with Crippen LogP contribution in [0.3, 0.4) is 0 Å². The van der Waals surface area contributed by atoms with Gasteiger partial charge in [0.25, 0.3) is 5.91 Å². The number of amides is 1. The quantitative estimate of drug-likeness (QED) is 0.675. The van der Waals surface area contributed by atoms with Crippen LogP contribution in [0.4, 0.5) is 0 Å². The van der Waals surface area contributed by atoms with Crippen LogP contribution in [-0.2, 0) is 13.2 Å². The van der Waals surface area contributed by atoms with Crippen molar-refractivity contribution in [3.8, 4) is 5.75 Å². The molecule has 0 bridgehead atoms. The molecule has 25 heavy (non-hydrogen) atoms. The third kappa shape index (κ3) is 5.06. The van der Waals surface area contributed by atoms with E-state index < -0.39 is 0 Å². The lowest BCUT2D eigenvalue weighted by Gasteiger charge is -2.08. The van der Waals surface area contributed by atoms with Crippen molar-refractivity contribution in [2.24, 2.45) is 0 Å². The minimum absolute atomic E-state index is 0.134. The number of carbonyl (C=O) groups excluding carboxylic acids is 1. The summed E-state index contributed by atoms with van der Waals surface area (Å²) in [6.07, 6.45) is 1.65. The summed E-state index contributed by atoms with van der Waals surface area (Å²) in [5, 5.41) is 3.29. The number of carbonyl (C=O) groups is 1. The number of para-hydroxylation sites is 1. The maximum absolute atomic E-state index is 12.2. The van der Waals surface area contributed by atoms with Crippen LogP contribution in [0.1, 0.15) is 21.5 Å². The highest BCUT2D eigenvalue weighted by Gasteiger charge is 2.06. The van der Waals surface area contributed by atoms with Crippen molar-refractivity contribution < 1.29 is 9.53 Å². The largest absolute Gasteiger partial charge is 0.489 e. The molecule has 0 aliphatic heterocycles. The third-order valence-electron chi connectivity index (χ3n) is 3.61. The Morgan fingerprint density at radius 3 is 2.36 bits per heavy atom. The van der Waals surface area contributed by atoms with E-state index in [2.05, 4.69) is 10.3 Å². The van der Waals surface area contributed by atoms with E-state index in [9.17, 15) is 4.79 Å². The maximum atomic E-state index is 12.2. The van der Waals surface area contributed by atoms with E-state index in [4.69, 9.17) is 16.3 Å². The second kappa shape index (κ2) is 8.31. The van der Waals surface area contributed by atoms with Crippen molar-refractivity contribution in [1.29, 1.82) is 0 Å². The number of hydrogen-bond acceptors (Lipinski definition) is 3. The van der Waals surface area contributed by atoms with Gasteiger partial charge in [-0.15, -0.1) is 0 Å². The van der Waals surface area contributed by atoms with Crippen LogP contribution < -0.4 is 10.1 Å². The first-order valence-corrected chi connectivity index (χ1v) is 8.24. The van der Waals surface area contributed by atoms with Gasteiger partial charge in [-0.25, -0.2) is 4.98 Å². The number of hydrogen-bond donors (Lipinski definition) is 1. The molecule has 0 saturated heterocycles. The molecule has 5 heteroatoms. The van der Waals surface area contributed by atoms with Crippen LogP contribution in [0.2, 0.25) is 5.15 Å². The monoisotopic (exact) mass is 352 g/mol. The molecule has 0 spiro atoms. The molecule has 1 N–H and O–H groups in total. The average Bonchev–Trinajstić information content (AvgIpc) is 2.67. The van der Waals surface area contributed by atoms with Gasteiger partial charge in [-0.1, -0.05) is 48.0 Å². The molecule has 1 aromatic heterocycles. The standard InChI is InChI=1S/C20H17ClN2O2/c21-19-11-8-16(12-22-19)13-23-20(24)17-9-6-15(7-10-17)14-25-18-4-2-1-3-5-18/h1-12H,13-14H2,(H,23,24). The van der Waals surface area contributed by atoms with Gasteiger partial charge in [0.1, 0.15) is 17.5 Å². The molecule has 2 aromatic carbocycles. The molecule has 0 radical (unpaired) electrons. The number of ether oxygens (including phenoxy) is 1. The molecule has 0 atom stereocenters. The van der Waals surface area contributed by atoms with Crippen LogP contribution >= 0.6 is 11.6 Å². The van der Waals surface area contributed by atoms with Crippen molar-refractivity contribution in [1.82, 2.24) is 10.3 Å². The summed E-state index contributed by atoms with van der Waals surface area (Å²) in [5.74, 6) is 0.686. The number of nitrogens with zero attached hydrogens (tertiary/aromatic N) is 1. The number of aromatic nitrogens is 1. The van der Waals surface area contributed by atoms with E-state index in [0.29, 0.717) is 23.9 Å². The summed E-state index contributed by atoms with van der Waals surface area (Å²) >= 11 is 5.74. The fourth-order valence-electron chi connectivity index (χ4n) is 2.23. The Morgan fingerprint density at radius 1 is 0.960 bits per heavy atom. The zero-order valence-corrected chi connectivity index (χ0v) is 14.2. The Labute approximate surface area is 151 Å². The first-order chi connectivity index (χ1) is 12.2. The van der Waals surface area contributed by atoms with Gasteiger partial charge < -0.3 is 10.1 Å². The van der Waals surface area contributed by atoms with Crippen molar-refractivity contribution in [3.05, 3.63) is 94.8 Å². The molecule has 126 valence electrons. The highest BCUT2D eigenvalue weighted by atomic mass is 35.5. The maximum Gasteiger partial charge on any atom is 0.251 e. The molecule has 0 fully saturated rings. The van der Waals surface area contributed by atoms with E-state index in [1.54, 1.807) is 24.4 Å². The van der Waals surface area contributed by atoms with Gasteiger partial charge in [0.2, 0.25) is 0 Å². The Hall–Kier alpha value is -2.85. The molecular weight excluding hydrogens is 336 g/mol. The van der Waals surface area contributed by atoms with Gasteiger partial charge in [-0.05, 0) is 41.5 Å². The normalized spacial score (nSPS) is 10.3. The lowest BCUT2D eigenvalue weighted by Crippen LogP contribution is -2.22. The Kier molecular flexibility index (Phi) is 5.65. The van der Waals surface area contributed by atoms with Gasteiger partial charge in [-0.2, -0.15) is 0 Å².